The summed E-state index contributed by atoms with van der Waals surface area (Å²) in [6.45, 7) is 3.07. The van der Waals surface area contributed by atoms with Crippen molar-refractivity contribution in [2.45, 2.75) is 18.9 Å². The first-order valence-electron chi connectivity index (χ1n) is 5.11. The number of aliphatic hydroxyl groups is 1. The van der Waals surface area contributed by atoms with Crippen LogP contribution in [0.15, 0.2) is 0 Å². The lowest BCUT2D eigenvalue weighted by Gasteiger charge is -2.32. The molecular formula is C10H22N2O. The van der Waals surface area contributed by atoms with Gasteiger partial charge in [0.2, 0.25) is 0 Å². The summed E-state index contributed by atoms with van der Waals surface area (Å²) in [6, 6.07) is 0. The van der Waals surface area contributed by atoms with E-state index < -0.39 is 0 Å². The van der Waals surface area contributed by atoms with Gasteiger partial charge in [-0.1, -0.05) is 0 Å². The third-order valence-corrected chi connectivity index (χ3v) is 2.86. The zero-order chi connectivity index (χ0) is 9.84. The highest BCUT2D eigenvalue weighted by molar-refractivity contribution is 4.77. The predicted octanol–water partition coefficient (Wildman–Crippen LogP) is 0.251. The van der Waals surface area contributed by atoms with Crippen LogP contribution >= 0.6 is 0 Å². The second kappa shape index (κ2) is 4.94. The van der Waals surface area contributed by atoms with Crippen molar-refractivity contribution in [3.63, 3.8) is 0 Å². The van der Waals surface area contributed by atoms with Gasteiger partial charge in [-0.25, -0.2) is 0 Å². The van der Waals surface area contributed by atoms with E-state index in [1.807, 2.05) is 14.1 Å². The number of rotatable bonds is 3. The number of likely N-dealkylation sites (tertiary alicyclic amines) is 1. The number of nitrogens with zero attached hydrogens (tertiary/aromatic N) is 2. The largest absolute Gasteiger partial charge is 0.392 e. The van der Waals surface area contributed by atoms with Crippen molar-refractivity contribution in [1.29, 1.82) is 0 Å². The highest BCUT2D eigenvalue weighted by Gasteiger charge is 2.23. The summed E-state index contributed by atoms with van der Waals surface area (Å²) in [6.07, 6.45) is 2.15. The van der Waals surface area contributed by atoms with Crippen LogP contribution in [0.1, 0.15) is 12.8 Å². The van der Waals surface area contributed by atoms with E-state index in [0.29, 0.717) is 5.92 Å². The third-order valence-electron chi connectivity index (χ3n) is 2.86. The average molecular weight is 186 g/mol. The summed E-state index contributed by atoms with van der Waals surface area (Å²) in [5, 5.41) is 9.87. The minimum absolute atomic E-state index is 0.135. The molecule has 0 aliphatic carbocycles. The van der Waals surface area contributed by atoms with Crippen LogP contribution in [-0.4, -0.2) is 61.8 Å². The molecular weight excluding hydrogens is 164 g/mol. The Morgan fingerprint density at radius 2 is 1.92 bits per heavy atom. The minimum atomic E-state index is -0.135. The molecule has 0 saturated carbocycles. The van der Waals surface area contributed by atoms with Crippen molar-refractivity contribution in [1.82, 2.24) is 9.80 Å². The van der Waals surface area contributed by atoms with E-state index in [0.717, 1.165) is 32.5 Å². The van der Waals surface area contributed by atoms with Crippen LogP contribution in [0.2, 0.25) is 0 Å². The van der Waals surface area contributed by atoms with E-state index in [9.17, 15) is 5.11 Å². The average Bonchev–Trinajstić information content (AvgIpc) is 2.04. The number of piperidine rings is 1. The molecule has 1 aliphatic rings. The molecule has 0 bridgehead atoms. The molecule has 3 nitrogen and oxygen atoms in total. The fraction of sp³-hybridized carbons (Fsp3) is 1.00. The van der Waals surface area contributed by atoms with Crippen molar-refractivity contribution in [2.24, 2.45) is 5.92 Å². The molecule has 0 radical (unpaired) electrons. The maximum absolute atomic E-state index is 9.87. The molecule has 0 aromatic rings. The molecule has 1 fully saturated rings. The Morgan fingerprint density at radius 1 is 1.38 bits per heavy atom. The van der Waals surface area contributed by atoms with Gasteiger partial charge in [0.1, 0.15) is 0 Å². The second-order valence-corrected chi connectivity index (χ2v) is 4.47. The lowest BCUT2D eigenvalue weighted by Crippen LogP contribution is -2.39. The summed E-state index contributed by atoms with van der Waals surface area (Å²) in [5.41, 5.74) is 0. The fourth-order valence-corrected chi connectivity index (χ4v) is 1.94. The van der Waals surface area contributed by atoms with Gasteiger partial charge in [-0.3, -0.25) is 0 Å². The SMILES string of the molecule is CN(C)CC(O)C1CCN(C)CC1. The topological polar surface area (TPSA) is 26.7 Å². The fourth-order valence-electron chi connectivity index (χ4n) is 1.94. The summed E-state index contributed by atoms with van der Waals surface area (Å²) >= 11 is 0. The van der Waals surface area contributed by atoms with Crippen molar-refractivity contribution in [3.8, 4) is 0 Å². The van der Waals surface area contributed by atoms with Crippen LogP contribution < -0.4 is 0 Å². The van der Waals surface area contributed by atoms with Gasteiger partial charge in [0, 0.05) is 6.54 Å². The smallest absolute Gasteiger partial charge is 0.0695 e. The molecule has 1 N–H and O–H groups in total. The van der Waals surface area contributed by atoms with Crippen molar-refractivity contribution in [2.75, 3.05) is 40.8 Å². The Kier molecular flexibility index (Phi) is 4.16. The molecule has 1 rings (SSSR count). The van der Waals surface area contributed by atoms with Crippen LogP contribution in [0.3, 0.4) is 0 Å². The zero-order valence-electron chi connectivity index (χ0n) is 9.03. The Balaban J connectivity index is 2.27. The molecule has 1 heterocycles. The molecule has 0 aromatic heterocycles. The van der Waals surface area contributed by atoms with Gasteiger partial charge in [0.05, 0.1) is 6.10 Å². The van der Waals surface area contributed by atoms with Crippen LogP contribution in [0.4, 0.5) is 0 Å². The summed E-state index contributed by atoms with van der Waals surface area (Å²) < 4.78 is 0. The van der Waals surface area contributed by atoms with Crippen LogP contribution in [0.25, 0.3) is 0 Å². The van der Waals surface area contributed by atoms with E-state index in [1.165, 1.54) is 0 Å². The lowest BCUT2D eigenvalue weighted by atomic mass is 9.91. The van der Waals surface area contributed by atoms with Gasteiger partial charge in [-0.05, 0) is 53.0 Å². The van der Waals surface area contributed by atoms with E-state index in [1.54, 1.807) is 0 Å². The predicted molar refractivity (Wildman–Crippen MR) is 54.8 cm³/mol. The Morgan fingerprint density at radius 3 is 2.38 bits per heavy atom. The quantitative estimate of drug-likeness (QED) is 0.684. The van der Waals surface area contributed by atoms with Gasteiger partial charge in [-0.15, -0.1) is 0 Å². The van der Waals surface area contributed by atoms with Crippen molar-refractivity contribution in [3.05, 3.63) is 0 Å². The lowest BCUT2D eigenvalue weighted by molar-refractivity contribution is 0.0470. The Labute approximate surface area is 81.3 Å². The van der Waals surface area contributed by atoms with E-state index in [4.69, 9.17) is 0 Å². The summed E-state index contributed by atoms with van der Waals surface area (Å²) in [5.74, 6) is 0.513. The monoisotopic (exact) mass is 186 g/mol. The molecule has 1 atom stereocenters. The number of hydrogen-bond donors (Lipinski definition) is 1. The Bertz CT molecular complexity index is 142. The van der Waals surface area contributed by atoms with Gasteiger partial charge in [0.15, 0.2) is 0 Å². The highest BCUT2D eigenvalue weighted by atomic mass is 16.3. The number of hydrogen-bond acceptors (Lipinski definition) is 3. The standard InChI is InChI=1S/C10H22N2O/c1-11(2)8-10(13)9-4-6-12(3)7-5-9/h9-10,13H,4-8H2,1-3H3. The zero-order valence-corrected chi connectivity index (χ0v) is 9.03. The van der Waals surface area contributed by atoms with Crippen LogP contribution in [0, 0.1) is 5.92 Å². The van der Waals surface area contributed by atoms with Crippen molar-refractivity contribution < 1.29 is 5.11 Å². The normalized spacial score (nSPS) is 23.8. The molecule has 1 saturated heterocycles. The molecule has 0 spiro atoms. The minimum Gasteiger partial charge on any atom is -0.392 e. The Hall–Kier alpha value is -0.120. The van der Waals surface area contributed by atoms with Gasteiger partial charge in [0.25, 0.3) is 0 Å². The second-order valence-electron chi connectivity index (χ2n) is 4.47. The first-order chi connectivity index (χ1) is 6.09. The molecule has 78 valence electrons. The van der Waals surface area contributed by atoms with E-state index in [2.05, 4.69) is 16.8 Å². The first kappa shape index (κ1) is 11.0. The molecule has 3 heteroatoms. The molecule has 0 amide bonds. The number of aliphatic hydroxyl groups excluding tert-OH is 1. The highest BCUT2D eigenvalue weighted by Crippen LogP contribution is 2.19. The molecule has 0 aromatic carbocycles. The van der Waals surface area contributed by atoms with Crippen molar-refractivity contribution >= 4 is 0 Å². The summed E-state index contributed by atoms with van der Waals surface area (Å²) in [7, 11) is 6.17. The molecule has 1 unspecified atom stereocenters. The van der Waals surface area contributed by atoms with Crippen LogP contribution in [-0.2, 0) is 0 Å². The van der Waals surface area contributed by atoms with Gasteiger partial charge >= 0.3 is 0 Å². The molecule has 1 aliphatic heterocycles. The maximum atomic E-state index is 9.87. The van der Waals surface area contributed by atoms with Gasteiger partial charge in [-0.2, -0.15) is 0 Å². The molecule has 13 heavy (non-hydrogen) atoms. The van der Waals surface area contributed by atoms with E-state index in [-0.39, 0.29) is 6.10 Å². The first-order valence-corrected chi connectivity index (χ1v) is 5.11. The van der Waals surface area contributed by atoms with Crippen LogP contribution in [0.5, 0.6) is 0 Å². The number of likely N-dealkylation sites (N-methyl/N-ethyl adjacent to an activating group) is 1. The maximum Gasteiger partial charge on any atom is 0.0695 e. The summed E-state index contributed by atoms with van der Waals surface area (Å²) in [4.78, 5) is 4.39. The van der Waals surface area contributed by atoms with Gasteiger partial charge < -0.3 is 14.9 Å². The van der Waals surface area contributed by atoms with E-state index >= 15 is 0 Å². The third kappa shape index (κ3) is 3.63.